The molecular weight excluding hydrogens is 248 g/mol. The molecule has 0 amide bonds. The average molecular weight is 261 g/mol. The Morgan fingerprint density at radius 1 is 1.50 bits per heavy atom. The molecule has 1 saturated heterocycles. The van der Waals surface area contributed by atoms with Gasteiger partial charge in [0.2, 0.25) is 0 Å². The Labute approximate surface area is 91.3 Å². The molecule has 0 radical (unpaired) electrons. The highest BCUT2D eigenvalue weighted by Crippen LogP contribution is 2.60. The number of hydrogen-bond acceptors (Lipinski definition) is 3. The number of ether oxygens (including phenoxy) is 1. The first-order valence-electron chi connectivity index (χ1n) is 4.78. The standard InChI is InChI=1S/C10H13BrO3/c1-9-4-3-6(10(9,2)5-11)7(12)14-8(9)13/h6H,3-5H2,1-2H3/t6-,9-,10+/m1/s1. The van der Waals surface area contributed by atoms with Gasteiger partial charge in [0.25, 0.3) is 0 Å². The van der Waals surface area contributed by atoms with E-state index in [0.717, 1.165) is 12.8 Å². The summed E-state index contributed by atoms with van der Waals surface area (Å²) >= 11 is 3.42. The normalized spacial score (nSPS) is 46.6. The van der Waals surface area contributed by atoms with E-state index in [-0.39, 0.29) is 23.3 Å². The van der Waals surface area contributed by atoms with Gasteiger partial charge in [-0.15, -0.1) is 0 Å². The minimum absolute atomic E-state index is 0.121. The summed E-state index contributed by atoms with van der Waals surface area (Å²) in [5.74, 6) is -0.810. The first-order chi connectivity index (χ1) is 6.45. The fourth-order valence-electron chi connectivity index (χ4n) is 2.65. The van der Waals surface area contributed by atoms with Crippen LogP contribution in [0, 0.1) is 16.7 Å². The second kappa shape index (κ2) is 2.81. The van der Waals surface area contributed by atoms with Crippen molar-refractivity contribution in [1.29, 1.82) is 0 Å². The molecule has 0 aromatic rings. The van der Waals surface area contributed by atoms with Crippen LogP contribution in [0.1, 0.15) is 26.7 Å². The number of hydrogen-bond donors (Lipinski definition) is 0. The molecule has 1 heterocycles. The summed E-state index contributed by atoms with van der Waals surface area (Å²) in [5.41, 5.74) is -0.769. The molecule has 2 rings (SSSR count). The van der Waals surface area contributed by atoms with Crippen LogP contribution in [0.4, 0.5) is 0 Å². The molecule has 2 fully saturated rings. The van der Waals surface area contributed by atoms with E-state index in [4.69, 9.17) is 4.74 Å². The number of carbonyl (C=O) groups excluding carboxylic acids is 2. The van der Waals surface area contributed by atoms with Crippen LogP contribution < -0.4 is 0 Å². The van der Waals surface area contributed by atoms with Crippen molar-refractivity contribution in [1.82, 2.24) is 0 Å². The van der Waals surface area contributed by atoms with E-state index >= 15 is 0 Å². The lowest BCUT2D eigenvalue weighted by atomic mass is 9.64. The monoisotopic (exact) mass is 260 g/mol. The summed E-state index contributed by atoms with van der Waals surface area (Å²) in [5, 5.41) is 0.669. The molecule has 0 unspecified atom stereocenters. The van der Waals surface area contributed by atoms with E-state index in [9.17, 15) is 9.59 Å². The van der Waals surface area contributed by atoms with E-state index in [1.54, 1.807) is 0 Å². The van der Waals surface area contributed by atoms with Crippen molar-refractivity contribution in [3.05, 3.63) is 0 Å². The van der Waals surface area contributed by atoms with Crippen LogP contribution in [-0.2, 0) is 14.3 Å². The lowest BCUT2D eigenvalue weighted by Crippen LogP contribution is -2.52. The maximum absolute atomic E-state index is 11.7. The molecule has 4 heteroatoms. The second-order valence-corrected chi connectivity index (χ2v) is 5.24. The average Bonchev–Trinajstić information content (AvgIpc) is 2.34. The molecule has 1 aliphatic heterocycles. The highest BCUT2D eigenvalue weighted by atomic mass is 79.9. The summed E-state index contributed by atoms with van der Waals surface area (Å²) in [6.45, 7) is 3.90. The number of halogens is 1. The summed E-state index contributed by atoms with van der Waals surface area (Å²) in [6.07, 6.45) is 1.52. The van der Waals surface area contributed by atoms with Crippen LogP contribution in [0.25, 0.3) is 0 Å². The Morgan fingerprint density at radius 2 is 2.14 bits per heavy atom. The number of fused-ring (bicyclic) bond motifs is 2. The Morgan fingerprint density at radius 3 is 2.71 bits per heavy atom. The SMILES string of the molecule is C[C@]1(CBr)[C@@H]2CC[C@]1(C)C(=O)OC2=O. The van der Waals surface area contributed by atoms with Crippen molar-refractivity contribution in [2.75, 3.05) is 5.33 Å². The topological polar surface area (TPSA) is 43.4 Å². The molecule has 1 aliphatic carbocycles. The van der Waals surface area contributed by atoms with E-state index in [1.165, 1.54) is 0 Å². The molecule has 3 atom stereocenters. The van der Waals surface area contributed by atoms with Crippen LogP contribution in [0.5, 0.6) is 0 Å². The summed E-state index contributed by atoms with van der Waals surface area (Å²) in [7, 11) is 0. The van der Waals surface area contributed by atoms with Gasteiger partial charge in [-0.2, -0.15) is 0 Å². The van der Waals surface area contributed by atoms with Crippen molar-refractivity contribution in [3.8, 4) is 0 Å². The van der Waals surface area contributed by atoms with E-state index < -0.39 is 5.41 Å². The molecule has 0 aromatic heterocycles. The van der Waals surface area contributed by atoms with Crippen LogP contribution >= 0.6 is 15.9 Å². The van der Waals surface area contributed by atoms with Crippen LogP contribution in [0.3, 0.4) is 0 Å². The summed E-state index contributed by atoms with van der Waals surface area (Å²) in [4.78, 5) is 23.2. The van der Waals surface area contributed by atoms with Gasteiger partial charge < -0.3 is 4.74 Å². The third-order valence-electron chi connectivity index (χ3n) is 4.17. The van der Waals surface area contributed by atoms with Gasteiger partial charge in [0.15, 0.2) is 0 Å². The zero-order valence-corrected chi connectivity index (χ0v) is 9.89. The zero-order chi connectivity index (χ0) is 10.6. The van der Waals surface area contributed by atoms with Gasteiger partial charge in [0.1, 0.15) is 0 Å². The van der Waals surface area contributed by atoms with Gasteiger partial charge in [-0.3, -0.25) is 9.59 Å². The lowest BCUT2D eigenvalue weighted by Gasteiger charge is -2.43. The molecule has 78 valence electrons. The van der Waals surface area contributed by atoms with E-state index in [2.05, 4.69) is 15.9 Å². The van der Waals surface area contributed by atoms with Crippen molar-refractivity contribution < 1.29 is 14.3 Å². The molecule has 0 aromatic carbocycles. The smallest absolute Gasteiger partial charge is 0.320 e. The van der Waals surface area contributed by atoms with Crippen LogP contribution in [0.2, 0.25) is 0 Å². The lowest BCUT2D eigenvalue weighted by molar-refractivity contribution is -0.184. The van der Waals surface area contributed by atoms with Gasteiger partial charge in [0.05, 0.1) is 11.3 Å². The van der Waals surface area contributed by atoms with Gasteiger partial charge in [0, 0.05) is 10.7 Å². The number of alkyl halides is 1. The Balaban J connectivity index is 2.51. The zero-order valence-electron chi connectivity index (χ0n) is 8.30. The van der Waals surface area contributed by atoms with Crippen molar-refractivity contribution >= 4 is 27.9 Å². The minimum Gasteiger partial charge on any atom is -0.392 e. The first-order valence-corrected chi connectivity index (χ1v) is 5.90. The van der Waals surface area contributed by atoms with Crippen molar-refractivity contribution in [3.63, 3.8) is 0 Å². The van der Waals surface area contributed by atoms with Crippen LogP contribution in [-0.4, -0.2) is 17.3 Å². The predicted molar refractivity (Wildman–Crippen MR) is 53.8 cm³/mol. The Bertz CT molecular complexity index is 314. The summed E-state index contributed by atoms with van der Waals surface area (Å²) in [6, 6.07) is 0. The van der Waals surface area contributed by atoms with E-state index in [0.29, 0.717) is 5.33 Å². The van der Waals surface area contributed by atoms with Crippen LogP contribution in [0.15, 0.2) is 0 Å². The first kappa shape index (κ1) is 10.1. The summed E-state index contributed by atoms with van der Waals surface area (Å²) < 4.78 is 4.77. The maximum Gasteiger partial charge on any atom is 0.320 e. The molecular formula is C10H13BrO3. The van der Waals surface area contributed by atoms with E-state index in [1.807, 2.05) is 13.8 Å². The number of cyclic esters (lactones) is 2. The van der Waals surface area contributed by atoms with Gasteiger partial charge >= 0.3 is 11.9 Å². The Kier molecular flexibility index (Phi) is 2.04. The molecule has 2 bridgehead atoms. The molecule has 14 heavy (non-hydrogen) atoms. The maximum atomic E-state index is 11.7. The molecule has 0 spiro atoms. The third kappa shape index (κ3) is 0.926. The van der Waals surface area contributed by atoms with Gasteiger partial charge in [-0.05, 0) is 19.8 Å². The molecule has 3 nitrogen and oxygen atoms in total. The highest BCUT2D eigenvalue weighted by Gasteiger charge is 2.65. The second-order valence-electron chi connectivity index (χ2n) is 4.68. The third-order valence-corrected chi connectivity index (χ3v) is 5.33. The highest BCUT2D eigenvalue weighted by molar-refractivity contribution is 9.09. The Hall–Kier alpha value is -0.380. The van der Waals surface area contributed by atoms with Crippen molar-refractivity contribution in [2.24, 2.45) is 16.7 Å². The fourth-order valence-corrected chi connectivity index (χ4v) is 3.66. The van der Waals surface area contributed by atoms with Gasteiger partial charge in [-0.25, -0.2) is 0 Å². The minimum atomic E-state index is -0.491. The quantitative estimate of drug-likeness (QED) is 0.411. The molecule has 2 aliphatic rings. The predicted octanol–water partition coefficient (Wildman–Crippen LogP) is 1.89. The molecule has 1 saturated carbocycles. The van der Waals surface area contributed by atoms with Gasteiger partial charge in [-0.1, -0.05) is 22.9 Å². The fraction of sp³-hybridized carbons (Fsp3) is 0.800. The van der Waals surface area contributed by atoms with Crippen molar-refractivity contribution in [2.45, 2.75) is 26.7 Å². The number of esters is 2. The number of rotatable bonds is 1. The molecule has 0 N–H and O–H groups in total. The largest absolute Gasteiger partial charge is 0.392 e. The number of carbonyl (C=O) groups is 2.